The lowest BCUT2D eigenvalue weighted by molar-refractivity contribution is 0.316. The molecule has 0 atom stereocenters. The third-order valence-corrected chi connectivity index (χ3v) is 7.10. The Morgan fingerprint density at radius 2 is 1.93 bits per heavy atom. The van der Waals surface area contributed by atoms with E-state index in [9.17, 15) is 8.42 Å². The summed E-state index contributed by atoms with van der Waals surface area (Å²) in [5, 5.41) is 3.30. The number of piperazine rings is 1. The van der Waals surface area contributed by atoms with Crippen molar-refractivity contribution in [2.75, 3.05) is 63.6 Å². The average molecular weight is 438 g/mol. The van der Waals surface area contributed by atoms with Gasteiger partial charge in [-0.15, -0.1) is 0 Å². The van der Waals surface area contributed by atoms with Gasteiger partial charge < -0.3 is 19.9 Å². The molecule has 0 radical (unpaired) electrons. The lowest BCUT2D eigenvalue weighted by Crippen LogP contribution is -2.52. The number of hydrogen-bond donors (Lipinski definition) is 2. The molecular formula is C21H35N5O3S. The van der Waals surface area contributed by atoms with Crippen LogP contribution < -0.4 is 19.7 Å². The van der Waals surface area contributed by atoms with Crippen molar-refractivity contribution in [2.45, 2.75) is 26.2 Å². The summed E-state index contributed by atoms with van der Waals surface area (Å²) in [5.74, 6) is 2.20. The number of benzene rings is 1. The first-order valence-electron chi connectivity index (χ1n) is 10.9. The predicted molar refractivity (Wildman–Crippen MR) is 122 cm³/mol. The summed E-state index contributed by atoms with van der Waals surface area (Å²) >= 11 is 0. The van der Waals surface area contributed by atoms with Crippen molar-refractivity contribution in [1.82, 2.24) is 14.9 Å². The van der Waals surface area contributed by atoms with Gasteiger partial charge in [-0.3, -0.25) is 4.99 Å². The van der Waals surface area contributed by atoms with Crippen LogP contribution in [0, 0.1) is 5.92 Å². The van der Waals surface area contributed by atoms with Crippen LogP contribution in [0.15, 0.2) is 29.3 Å². The largest absolute Gasteiger partial charge is 0.495 e. The monoisotopic (exact) mass is 437 g/mol. The van der Waals surface area contributed by atoms with Crippen molar-refractivity contribution in [3.8, 4) is 5.75 Å². The summed E-state index contributed by atoms with van der Waals surface area (Å²) < 4.78 is 32.7. The zero-order valence-electron chi connectivity index (χ0n) is 18.1. The Morgan fingerprint density at radius 1 is 1.20 bits per heavy atom. The maximum atomic E-state index is 12.2. The molecule has 2 fully saturated rings. The van der Waals surface area contributed by atoms with Crippen molar-refractivity contribution in [2.24, 2.45) is 10.9 Å². The standard InChI is InChI=1S/C21H35N5O3S/c1-3-22-21(23-11-16-30(27,28)24-17-18-7-6-8-18)26-14-12-25(13-15-26)19-9-4-5-10-20(19)29-2/h4-5,9-10,18,24H,3,6-8,11-17H2,1-2H3,(H,22,23). The summed E-state index contributed by atoms with van der Waals surface area (Å²) in [6.07, 6.45) is 3.48. The van der Waals surface area contributed by atoms with Crippen LogP contribution in [0.4, 0.5) is 5.69 Å². The van der Waals surface area contributed by atoms with E-state index < -0.39 is 10.0 Å². The maximum absolute atomic E-state index is 12.2. The zero-order valence-corrected chi connectivity index (χ0v) is 19.0. The van der Waals surface area contributed by atoms with Crippen molar-refractivity contribution in [1.29, 1.82) is 0 Å². The third kappa shape index (κ3) is 6.25. The molecule has 0 bridgehead atoms. The summed E-state index contributed by atoms with van der Waals surface area (Å²) in [4.78, 5) is 9.10. The first-order chi connectivity index (χ1) is 14.5. The first kappa shape index (κ1) is 22.7. The second-order valence-electron chi connectivity index (χ2n) is 7.85. The number of nitrogens with zero attached hydrogens (tertiary/aromatic N) is 3. The summed E-state index contributed by atoms with van der Waals surface area (Å²) in [5.41, 5.74) is 1.10. The van der Waals surface area contributed by atoms with Gasteiger partial charge in [-0.1, -0.05) is 18.6 Å². The average Bonchev–Trinajstić information content (AvgIpc) is 2.72. The molecule has 8 nitrogen and oxygen atoms in total. The number of hydrogen-bond acceptors (Lipinski definition) is 5. The number of aliphatic imine (C=N–C) groups is 1. The number of rotatable bonds is 9. The van der Waals surface area contributed by atoms with E-state index in [1.807, 2.05) is 25.1 Å². The molecule has 1 heterocycles. The highest BCUT2D eigenvalue weighted by Crippen LogP contribution is 2.28. The van der Waals surface area contributed by atoms with Gasteiger partial charge in [-0.2, -0.15) is 0 Å². The quantitative estimate of drug-likeness (QED) is 0.450. The molecule has 1 aliphatic carbocycles. The summed E-state index contributed by atoms with van der Waals surface area (Å²) in [6, 6.07) is 8.06. The van der Waals surface area contributed by atoms with Crippen molar-refractivity contribution in [3.05, 3.63) is 24.3 Å². The van der Waals surface area contributed by atoms with E-state index in [2.05, 4.69) is 30.9 Å². The first-order valence-corrected chi connectivity index (χ1v) is 12.6. The molecule has 1 aromatic rings. The van der Waals surface area contributed by atoms with Gasteiger partial charge in [-0.25, -0.2) is 13.1 Å². The number of para-hydroxylation sites is 2. The molecule has 3 rings (SSSR count). The molecular weight excluding hydrogens is 402 g/mol. The summed E-state index contributed by atoms with van der Waals surface area (Å²) in [6.45, 7) is 6.94. The van der Waals surface area contributed by atoms with Crippen LogP contribution in [-0.2, 0) is 10.0 Å². The van der Waals surface area contributed by atoms with Crippen LogP contribution in [0.5, 0.6) is 5.75 Å². The Kier molecular flexibility index (Phi) is 8.21. The molecule has 1 aromatic carbocycles. The Balaban J connectivity index is 1.52. The van der Waals surface area contributed by atoms with E-state index in [1.54, 1.807) is 7.11 Å². The van der Waals surface area contributed by atoms with Crippen LogP contribution in [0.1, 0.15) is 26.2 Å². The molecule has 9 heteroatoms. The normalized spacial score (nSPS) is 18.3. The van der Waals surface area contributed by atoms with Gasteiger partial charge in [0.05, 0.1) is 25.1 Å². The minimum Gasteiger partial charge on any atom is -0.495 e. The van der Waals surface area contributed by atoms with Crippen LogP contribution in [0.25, 0.3) is 0 Å². The van der Waals surface area contributed by atoms with E-state index in [1.165, 1.54) is 6.42 Å². The molecule has 1 saturated heterocycles. The Labute approximate surface area is 180 Å². The molecule has 0 unspecified atom stereocenters. The minimum atomic E-state index is -3.27. The van der Waals surface area contributed by atoms with Crippen molar-refractivity contribution >= 4 is 21.7 Å². The van der Waals surface area contributed by atoms with Crippen LogP contribution in [-0.4, -0.2) is 78.0 Å². The summed E-state index contributed by atoms with van der Waals surface area (Å²) in [7, 11) is -1.58. The predicted octanol–water partition coefficient (Wildman–Crippen LogP) is 1.50. The number of anilines is 1. The maximum Gasteiger partial charge on any atom is 0.213 e. The molecule has 2 aliphatic rings. The number of methoxy groups -OCH3 is 1. The Bertz CT molecular complexity index is 803. The van der Waals surface area contributed by atoms with Crippen LogP contribution in [0.2, 0.25) is 0 Å². The van der Waals surface area contributed by atoms with Crippen LogP contribution >= 0.6 is 0 Å². The Morgan fingerprint density at radius 3 is 2.57 bits per heavy atom. The zero-order chi connectivity index (χ0) is 21.4. The third-order valence-electron chi connectivity index (χ3n) is 5.78. The number of guanidine groups is 1. The topological polar surface area (TPSA) is 86.3 Å². The van der Waals surface area contributed by atoms with Crippen molar-refractivity contribution in [3.63, 3.8) is 0 Å². The number of ether oxygens (including phenoxy) is 1. The van der Waals surface area contributed by atoms with Crippen LogP contribution in [0.3, 0.4) is 0 Å². The van der Waals surface area contributed by atoms with Gasteiger partial charge in [0.2, 0.25) is 10.0 Å². The van der Waals surface area contributed by atoms with Crippen molar-refractivity contribution < 1.29 is 13.2 Å². The molecule has 0 spiro atoms. The number of sulfonamides is 1. The highest BCUT2D eigenvalue weighted by atomic mass is 32.2. The van der Waals surface area contributed by atoms with Gasteiger partial charge in [0, 0.05) is 39.3 Å². The van der Waals surface area contributed by atoms with E-state index in [0.717, 1.165) is 63.0 Å². The van der Waals surface area contributed by atoms with E-state index >= 15 is 0 Å². The van der Waals surface area contributed by atoms with Gasteiger partial charge in [-0.05, 0) is 37.8 Å². The second-order valence-corrected chi connectivity index (χ2v) is 9.77. The lowest BCUT2D eigenvalue weighted by Gasteiger charge is -2.38. The molecule has 2 N–H and O–H groups in total. The minimum absolute atomic E-state index is 0.0236. The highest BCUT2D eigenvalue weighted by molar-refractivity contribution is 7.89. The highest BCUT2D eigenvalue weighted by Gasteiger charge is 2.22. The van der Waals surface area contributed by atoms with Gasteiger partial charge in [0.15, 0.2) is 5.96 Å². The molecule has 0 aromatic heterocycles. The number of nitrogens with one attached hydrogen (secondary N) is 2. The molecule has 168 valence electrons. The molecule has 30 heavy (non-hydrogen) atoms. The SMILES string of the molecule is CCNC(=NCCS(=O)(=O)NCC1CCC1)N1CCN(c2ccccc2OC)CC1. The molecule has 1 aliphatic heterocycles. The van der Waals surface area contributed by atoms with Gasteiger partial charge in [0.1, 0.15) is 5.75 Å². The van der Waals surface area contributed by atoms with Gasteiger partial charge >= 0.3 is 0 Å². The Hall–Kier alpha value is -2.00. The molecule has 0 amide bonds. The van der Waals surface area contributed by atoms with E-state index in [4.69, 9.17) is 4.74 Å². The fourth-order valence-electron chi connectivity index (χ4n) is 3.76. The lowest BCUT2D eigenvalue weighted by atomic mass is 9.86. The smallest absolute Gasteiger partial charge is 0.213 e. The molecule has 1 saturated carbocycles. The fourth-order valence-corrected chi connectivity index (χ4v) is 4.73. The van der Waals surface area contributed by atoms with E-state index in [0.29, 0.717) is 12.5 Å². The van der Waals surface area contributed by atoms with E-state index in [-0.39, 0.29) is 12.3 Å². The fraction of sp³-hybridized carbons (Fsp3) is 0.667. The van der Waals surface area contributed by atoms with Gasteiger partial charge in [0.25, 0.3) is 0 Å². The second kappa shape index (κ2) is 10.9.